The van der Waals surface area contributed by atoms with E-state index in [0.717, 1.165) is 92.6 Å². The Hall–Kier alpha value is -2.15. The zero-order valence-corrected chi connectivity index (χ0v) is 26.0. The lowest BCUT2D eigenvalue weighted by Crippen LogP contribution is -2.27. The lowest BCUT2D eigenvalue weighted by molar-refractivity contribution is -0.179. The number of hydrogen-bond acceptors (Lipinski definition) is 6. The zero-order chi connectivity index (χ0) is 29.1. The number of Topliss-reactive ketones (excluding diaryl/α,β-unsaturated/α-hetero) is 1. The van der Waals surface area contributed by atoms with E-state index in [-0.39, 0.29) is 30.1 Å². The van der Waals surface area contributed by atoms with Crippen LogP contribution in [-0.4, -0.2) is 37.4 Å². The Kier molecular flexibility index (Phi) is 16.2. The van der Waals surface area contributed by atoms with Crippen LogP contribution in [-0.2, 0) is 23.8 Å². The van der Waals surface area contributed by atoms with Crippen molar-refractivity contribution in [2.24, 2.45) is 5.92 Å². The number of carbonyl (C=O) groups excluding carboxylic acids is 2. The number of hydrogen-bond donors (Lipinski definition) is 0. The standard InChI is InChI=1S/C35H50O5S/c1-3-5-11-18-29(40-34-23-16-17-26-39-34)25-24-28-27-32(41-30-19-12-10-13-20-30)35(37)31(28)21-14-8-6-7-9-15-22-33(36)38-4-2/h10,12-13,19-21,24-25,27-29,34H,3-9,11,14-18,22-23,26H2,1-2H3. The SMILES string of the molecule is CCCCCC(C=CC1C=C(Sc2ccccc2)C(=O)C1=CCCCCCCCC(=O)OCC)OC1CCCCO1. The highest BCUT2D eigenvalue weighted by Gasteiger charge is 2.29. The van der Waals surface area contributed by atoms with Crippen LogP contribution in [0.2, 0.25) is 0 Å². The highest BCUT2D eigenvalue weighted by atomic mass is 32.2. The number of rotatable bonds is 19. The number of unbranched alkanes of at least 4 members (excludes halogenated alkanes) is 7. The van der Waals surface area contributed by atoms with Crippen LogP contribution in [0.3, 0.4) is 0 Å². The first-order chi connectivity index (χ1) is 20.1. The molecule has 3 unspecified atom stereocenters. The number of benzene rings is 1. The predicted molar refractivity (Wildman–Crippen MR) is 168 cm³/mol. The van der Waals surface area contributed by atoms with Gasteiger partial charge in [-0.05, 0) is 64.0 Å². The van der Waals surface area contributed by atoms with Gasteiger partial charge in [-0.2, -0.15) is 0 Å². The molecule has 0 aromatic heterocycles. The Labute approximate surface area is 252 Å². The average Bonchev–Trinajstić information content (AvgIpc) is 3.27. The molecule has 226 valence electrons. The smallest absolute Gasteiger partial charge is 0.305 e. The van der Waals surface area contributed by atoms with Gasteiger partial charge < -0.3 is 14.2 Å². The van der Waals surface area contributed by atoms with Gasteiger partial charge in [0.2, 0.25) is 0 Å². The van der Waals surface area contributed by atoms with E-state index < -0.39 is 0 Å². The monoisotopic (exact) mass is 582 g/mol. The molecule has 1 aliphatic heterocycles. The fraction of sp³-hybridized carbons (Fsp3) is 0.600. The molecular formula is C35H50O5S. The minimum Gasteiger partial charge on any atom is -0.466 e. The van der Waals surface area contributed by atoms with Crippen molar-refractivity contribution < 1.29 is 23.8 Å². The van der Waals surface area contributed by atoms with Crippen molar-refractivity contribution in [2.45, 2.75) is 121 Å². The van der Waals surface area contributed by atoms with E-state index in [1.807, 2.05) is 25.1 Å². The van der Waals surface area contributed by atoms with Crippen molar-refractivity contribution in [3.05, 3.63) is 65.1 Å². The number of thioether (sulfide) groups is 1. The molecule has 2 aliphatic rings. The van der Waals surface area contributed by atoms with Gasteiger partial charge in [0.05, 0.1) is 17.6 Å². The van der Waals surface area contributed by atoms with Crippen molar-refractivity contribution >= 4 is 23.5 Å². The molecule has 1 aromatic carbocycles. The molecule has 1 aliphatic carbocycles. The first-order valence-corrected chi connectivity index (χ1v) is 16.7. The number of ether oxygens (including phenoxy) is 3. The van der Waals surface area contributed by atoms with Crippen LogP contribution in [0.25, 0.3) is 0 Å². The van der Waals surface area contributed by atoms with Gasteiger partial charge in [-0.25, -0.2) is 0 Å². The molecule has 6 heteroatoms. The third kappa shape index (κ3) is 12.7. The number of esters is 1. The van der Waals surface area contributed by atoms with Gasteiger partial charge in [0, 0.05) is 29.4 Å². The van der Waals surface area contributed by atoms with E-state index in [2.05, 4.69) is 43.4 Å². The summed E-state index contributed by atoms with van der Waals surface area (Å²) in [5.41, 5.74) is 0.878. The van der Waals surface area contributed by atoms with Crippen molar-refractivity contribution in [3.63, 3.8) is 0 Å². The number of ketones is 1. The van der Waals surface area contributed by atoms with Crippen LogP contribution in [0, 0.1) is 5.92 Å². The maximum atomic E-state index is 13.5. The summed E-state index contributed by atoms with van der Waals surface area (Å²) in [5, 5.41) is 0. The van der Waals surface area contributed by atoms with Gasteiger partial charge in [-0.3, -0.25) is 9.59 Å². The van der Waals surface area contributed by atoms with Crippen molar-refractivity contribution in [3.8, 4) is 0 Å². The minimum atomic E-state index is -0.128. The molecule has 0 radical (unpaired) electrons. The van der Waals surface area contributed by atoms with E-state index in [9.17, 15) is 9.59 Å². The first kappa shape index (κ1) is 33.4. The van der Waals surface area contributed by atoms with Crippen LogP contribution in [0.4, 0.5) is 0 Å². The molecule has 0 spiro atoms. The molecule has 1 fully saturated rings. The maximum Gasteiger partial charge on any atom is 0.305 e. The van der Waals surface area contributed by atoms with Gasteiger partial charge in [0.1, 0.15) is 0 Å². The summed E-state index contributed by atoms with van der Waals surface area (Å²) in [6.45, 7) is 5.28. The molecule has 0 saturated carbocycles. The van der Waals surface area contributed by atoms with Crippen LogP contribution < -0.4 is 0 Å². The maximum absolute atomic E-state index is 13.5. The van der Waals surface area contributed by atoms with E-state index in [4.69, 9.17) is 14.2 Å². The topological polar surface area (TPSA) is 61.8 Å². The Morgan fingerprint density at radius 3 is 2.61 bits per heavy atom. The molecule has 41 heavy (non-hydrogen) atoms. The molecule has 3 atom stereocenters. The molecule has 0 bridgehead atoms. The summed E-state index contributed by atoms with van der Waals surface area (Å²) < 4.78 is 17.3. The van der Waals surface area contributed by atoms with E-state index in [1.54, 1.807) is 11.8 Å². The summed E-state index contributed by atoms with van der Waals surface area (Å²) in [5.74, 6) is 0.00173. The quantitative estimate of drug-likeness (QED) is 0.0701. The van der Waals surface area contributed by atoms with Crippen LogP contribution in [0.1, 0.15) is 104 Å². The second kappa shape index (κ2) is 19.9. The molecule has 0 amide bonds. The molecule has 1 aromatic rings. The highest BCUT2D eigenvalue weighted by Crippen LogP contribution is 2.38. The minimum absolute atomic E-state index is 0.00478. The van der Waals surface area contributed by atoms with E-state index in [0.29, 0.717) is 13.0 Å². The van der Waals surface area contributed by atoms with Crippen molar-refractivity contribution in [2.75, 3.05) is 13.2 Å². The Morgan fingerprint density at radius 2 is 1.85 bits per heavy atom. The molecular weight excluding hydrogens is 532 g/mol. The lowest BCUT2D eigenvalue weighted by Gasteiger charge is -2.26. The summed E-state index contributed by atoms with van der Waals surface area (Å²) in [4.78, 5) is 26.9. The molecule has 0 N–H and O–H groups in total. The van der Waals surface area contributed by atoms with Crippen molar-refractivity contribution in [1.29, 1.82) is 0 Å². The largest absolute Gasteiger partial charge is 0.466 e. The van der Waals surface area contributed by atoms with Crippen LogP contribution in [0.5, 0.6) is 0 Å². The Bertz CT molecular complexity index is 993. The highest BCUT2D eigenvalue weighted by molar-refractivity contribution is 8.04. The van der Waals surface area contributed by atoms with E-state index in [1.165, 1.54) is 12.8 Å². The normalized spacial score (nSPS) is 21.0. The summed E-state index contributed by atoms with van der Waals surface area (Å²) in [6.07, 6.45) is 22.7. The third-order valence-corrected chi connectivity index (χ3v) is 8.54. The van der Waals surface area contributed by atoms with E-state index >= 15 is 0 Å². The Morgan fingerprint density at radius 1 is 1.05 bits per heavy atom. The molecule has 5 nitrogen and oxygen atoms in total. The molecule has 1 saturated heterocycles. The number of carbonyl (C=O) groups is 2. The second-order valence-electron chi connectivity index (χ2n) is 10.9. The first-order valence-electron chi connectivity index (χ1n) is 15.9. The van der Waals surface area contributed by atoms with Gasteiger partial charge in [-0.1, -0.05) is 99.7 Å². The van der Waals surface area contributed by atoms with Crippen LogP contribution >= 0.6 is 11.8 Å². The van der Waals surface area contributed by atoms with Gasteiger partial charge in [0.15, 0.2) is 12.1 Å². The third-order valence-electron chi connectivity index (χ3n) is 7.49. The average molecular weight is 583 g/mol. The summed E-state index contributed by atoms with van der Waals surface area (Å²) in [6, 6.07) is 10.1. The fourth-order valence-corrected chi connectivity index (χ4v) is 6.18. The second-order valence-corrected chi connectivity index (χ2v) is 12.0. The summed E-state index contributed by atoms with van der Waals surface area (Å²) >= 11 is 1.55. The molecule has 1 heterocycles. The van der Waals surface area contributed by atoms with Crippen molar-refractivity contribution in [1.82, 2.24) is 0 Å². The molecule has 3 rings (SSSR count). The van der Waals surface area contributed by atoms with Crippen LogP contribution in [0.15, 0.2) is 70.0 Å². The van der Waals surface area contributed by atoms with Gasteiger partial charge in [-0.15, -0.1) is 0 Å². The van der Waals surface area contributed by atoms with Gasteiger partial charge >= 0.3 is 5.97 Å². The lowest BCUT2D eigenvalue weighted by atomic mass is 9.98. The fourth-order valence-electron chi connectivity index (χ4n) is 5.20. The zero-order valence-electron chi connectivity index (χ0n) is 25.2. The number of allylic oxidation sites excluding steroid dienone is 5. The summed E-state index contributed by atoms with van der Waals surface area (Å²) in [7, 11) is 0. The Balaban J connectivity index is 1.61. The predicted octanol–water partition coefficient (Wildman–Crippen LogP) is 9.13. The van der Waals surface area contributed by atoms with Gasteiger partial charge in [0.25, 0.3) is 0 Å².